The molecule has 3 rings (SSSR count). The van der Waals surface area contributed by atoms with Crippen molar-refractivity contribution < 1.29 is 13.9 Å². The quantitative estimate of drug-likeness (QED) is 0.159. The molecule has 0 bridgehead atoms. The molecule has 0 N–H and O–H groups in total. The monoisotopic (exact) mass is 488 g/mol. The summed E-state index contributed by atoms with van der Waals surface area (Å²) in [5.41, 5.74) is 3.11. The summed E-state index contributed by atoms with van der Waals surface area (Å²) in [5.74, 6) is 0.691. The first-order valence-electron chi connectivity index (χ1n) is 12.8. The van der Waals surface area contributed by atoms with Gasteiger partial charge in [0.25, 0.3) is 0 Å². The zero-order valence-electron chi connectivity index (χ0n) is 21.5. The van der Waals surface area contributed by atoms with E-state index in [-0.39, 0.29) is 5.82 Å². The van der Waals surface area contributed by atoms with Gasteiger partial charge in [0.05, 0.1) is 6.10 Å². The predicted molar refractivity (Wildman–Crippen MR) is 146 cm³/mol. The Labute approximate surface area is 214 Å². The maximum absolute atomic E-state index is 14.5. The minimum atomic E-state index is -0.377. The number of aromatic nitrogens is 2. The fourth-order valence-electron chi connectivity index (χ4n) is 3.80. The maximum Gasteiger partial charge on any atom is 0.159 e. The van der Waals surface area contributed by atoms with Crippen molar-refractivity contribution in [3.05, 3.63) is 85.0 Å². The molecule has 3 aromatic rings. The summed E-state index contributed by atoms with van der Waals surface area (Å²) in [6.45, 7) is 9.17. The topological polar surface area (TPSA) is 44.2 Å². The van der Waals surface area contributed by atoms with Crippen LogP contribution in [0.2, 0.25) is 0 Å². The first kappa shape index (κ1) is 27.3. The van der Waals surface area contributed by atoms with Crippen LogP contribution >= 0.6 is 0 Å². The lowest BCUT2D eigenvalue weighted by Crippen LogP contribution is -2.08. The van der Waals surface area contributed by atoms with Crippen molar-refractivity contribution in [1.29, 1.82) is 0 Å². The smallest absolute Gasteiger partial charge is 0.159 e. The van der Waals surface area contributed by atoms with Gasteiger partial charge in [0.1, 0.15) is 18.2 Å². The fourth-order valence-corrected chi connectivity index (χ4v) is 3.80. The number of ether oxygens (including phenoxy) is 2. The van der Waals surface area contributed by atoms with E-state index in [2.05, 4.69) is 54.7 Å². The Morgan fingerprint density at radius 2 is 1.78 bits per heavy atom. The van der Waals surface area contributed by atoms with Crippen LogP contribution in [0.3, 0.4) is 0 Å². The van der Waals surface area contributed by atoms with E-state index in [4.69, 9.17) is 9.47 Å². The average molecular weight is 489 g/mol. The molecule has 1 unspecified atom stereocenters. The standard InChI is InChI=1S/C31H37FN2O2/c1-4-6-10-20-35-24(3)11-8-7-9-12-25-13-15-26(16-14-25)31-33-22-27(23-34-31)29-18-17-28(21-30(29)32)36-19-5-2/h5,9,12-18,21-24H,2,4,6-8,10-11,19-20H2,1,3H3/b12-9+. The van der Waals surface area contributed by atoms with Crippen LogP contribution < -0.4 is 4.74 Å². The molecule has 4 nitrogen and oxygen atoms in total. The highest BCUT2D eigenvalue weighted by Crippen LogP contribution is 2.26. The summed E-state index contributed by atoms with van der Waals surface area (Å²) in [5, 5.41) is 0. The highest BCUT2D eigenvalue weighted by atomic mass is 19.1. The van der Waals surface area contributed by atoms with Crippen molar-refractivity contribution in [3.8, 4) is 28.3 Å². The van der Waals surface area contributed by atoms with Gasteiger partial charge in [-0.25, -0.2) is 14.4 Å². The lowest BCUT2D eigenvalue weighted by Gasteiger charge is -2.11. The van der Waals surface area contributed by atoms with Gasteiger partial charge in [-0.2, -0.15) is 0 Å². The van der Waals surface area contributed by atoms with E-state index in [1.807, 2.05) is 12.1 Å². The van der Waals surface area contributed by atoms with Gasteiger partial charge in [0.15, 0.2) is 5.82 Å². The van der Waals surface area contributed by atoms with Gasteiger partial charge in [0, 0.05) is 41.8 Å². The first-order chi connectivity index (χ1) is 17.6. The lowest BCUT2D eigenvalue weighted by atomic mass is 10.1. The summed E-state index contributed by atoms with van der Waals surface area (Å²) >= 11 is 0. The number of nitrogens with zero attached hydrogens (tertiary/aromatic N) is 2. The Hall–Kier alpha value is -3.31. The van der Waals surface area contributed by atoms with Gasteiger partial charge in [0.2, 0.25) is 0 Å². The third-order valence-corrected chi connectivity index (χ3v) is 5.88. The molecule has 0 aliphatic carbocycles. The predicted octanol–water partition coefficient (Wildman–Crippen LogP) is 8.29. The number of allylic oxidation sites excluding steroid dienone is 1. The van der Waals surface area contributed by atoms with Crippen molar-refractivity contribution >= 4 is 6.08 Å². The van der Waals surface area contributed by atoms with Gasteiger partial charge < -0.3 is 9.47 Å². The van der Waals surface area contributed by atoms with Crippen LogP contribution in [0.15, 0.2) is 73.6 Å². The van der Waals surface area contributed by atoms with Crippen LogP contribution in [-0.4, -0.2) is 29.3 Å². The normalized spacial score (nSPS) is 12.1. The molecule has 190 valence electrons. The summed E-state index contributed by atoms with van der Waals surface area (Å²) in [6.07, 6.45) is 16.5. The van der Waals surface area contributed by atoms with Crippen molar-refractivity contribution in [1.82, 2.24) is 9.97 Å². The molecule has 1 heterocycles. The van der Waals surface area contributed by atoms with E-state index in [0.29, 0.717) is 35.4 Å². The van der Waals surface area contributed by atoms with Crippen molar-refractivity contribution in [3.63, 3.8) is 0 Å². The zero-order chi connectivity index (χ0) is 25.6. The SMILES string of the molecule is C=CCOc1ccc(-c2cnc(-c3ccc(/C=C/CCCC(C)OCCCCC)cc3)nc2)c(F)c1. The van der Waals surface area contributed by atoms with Crippen molar-refractivity contribution in [2.75, 3.05) is 13.2 Å². The van der Waals surface area contributed by atoms with Crippen LogP contribution in [0.25, 0.3) is 28.6 Å². The second kappa shape index (κ2) is 14.9. The first-order valence-corrected chi connectivity index (χ1v) is 12.8. The highest BCUT2D eigenvalue weighted by Gasteiger charge is 2.09. The minimum absolute atomic E-state index is 0.327. The van der Waals surface area contributed by atoms with E-state index in [9.17, 15) is 4.39 Å². The molecule has 0 saturated carbocycles. The van der Waals surface area contributed by atoms with E-state index in [1.165, 1.54) is 18.9 Å². The van der Waals surface area contributed by atoms with Gasteiger partial charge in [-0.1, -0.05) is 68.8 Å². The fraction of sp³-hybridized carbons (Fsp3) is 0.355. The molecule has 0 aliphatic rings. The summed E-state index contributed by atoms with van der Waals surface area (Å²) in [4.78, 5) is 8.90. The number of benzene rings is 2. The summed E-state index contributed by atoms with van der Waals surface area (Å²) in [6, 6.07) is 12.9. The van der Waals surface area contributed by atoms with Crippen molar-refractivity contribution in [2.24, 2.45) is 0 Å². The summed E-state index contributed by atoms with van der Waals surface area (Å²) < 4.78 is 25.8. The second-order valence-corrected chi connectivity index (χ2v) is 8.88. The minimum Gasteiger partial charge on any atom is -0.489 e. The molecular weight excluding hydrogens is 451 g/mol. The van der Waals surface area contributed by atoms with Gasteiger partial charge in [-0.15, -0.1) is 0 Å². The lowest BCUT2D eigenvalue weighted by molar-refractivity contribution is 0.0566. The summed E-state index contributed by atoms with van der Waals surface area (Å²) in [7, 11) is 0. The Morgan fingerprint density at radius 3 is 2.47 bits per heavy atom. The van der Waals surface area contributed by atoms with Crippen LogP contribution in [0, 0.1) is 5.82 Å². The molecule has 1 aromatic heterocycles. The Bertz CT molecular complexity index is 1090. The van der Waals surface area contributed by atoms with Crippen LogP contribution in [0.4, 0.5) is 4.39 Å². The molecule has 1 atom stereocenters. The van der Waals surface area contributed by atoms with E-state index in [0.717, 1.165) is 43.4 Å². The molecule has 0 aliphatic heterocycles. The Kier molecular flexibility index (Phi) is 11.3. The van der Waals surface area contributed by atoms with Gasteiger partial charge in [-0.3, -0.25) is 0 Å². The molecule has 0 spiro atoms. The number of unbranched alkanes of at least 4 members (excludes halogenated alkanes) is 3. The maximum atomic E-state index is 14.5. The number of halogens is 1. The third kappa shape index (κ3) is 8.72. The molecule has 36 heavy (non-hydrogen) atoms. The molecule has 0 amide bonds. The number of hydrogen-bond donors (Lipinski definition) is 0. The zero-order valence-corrected chi connectivity index (χ0v) is 21.5. The van der Waals surface area contributed by atoms with E-state index < -0.39 is 0 Å². The molecule has 0 fully saturated rings. The largest absolute Gasteiger partial charge is 0.489 e. The Balaban J connectivity index is 1.49. The third-order valence-electron chi connectivity index (χ3n) is 5.88. The van der Waals surface area contributed by atoms with Crippen molar-refractivity contribution in [2.45, 2.75) is 58.5 Å². The molecular formula is C31H37FN2O2. The molecule has 2 aromatic carbocycles. The molecule has 5 heteroatoms. The van der Waals surface area contributed by atoms with E-state index in [1.54, 1.807) is 30.6 Å². The highest BCUT2D eigenvalue weighted by molar-refractivity contribution is 5.65. The molecule has 0 saturated heterocycles. The van der Waals surface area contributed by atoms with Crippen LogP contribution in [0.1, 0.15) is 57.9 Å². The number of rotatable bonds is 15. The molecule has 0 radical (unpaired) electrons. The van der Waals surface area contributed by atoms with Gasteiger partial charge >= 0.3 is 0 Å². The van der Waals surface area contributed by atoms with Crippen LogP contribution in [0.5, 0.6) is 5.75 Å². The second-order valence-electron chi connectivity index (χ2n) is 8.88. The van der Waals surface area contributed by atoms with Gasteiger partial charge in [-0.05, 0) is 50.3 Å². The van der Waals surface area contributed by atoms with E-state index >= 15 is 0 Å². The average Bonchev–Trinajstić information content (AvgIpc) is 2.90. The Morgan fingerprint density at radius 1 is 1.00 bits per heavy atom. The van der Waals surface area contributed by atoms with Crippen LogP contribution in [-0.2, 0) is 4.74 Å². The number of hydrogen-bond acceptors (Lipinski definition) is 4.